The molecule has 0 amide bonds. The van der Waals surface area contributed by atoms with Gasteiger partial charge in [0, 0.05) is 6.42 Å². The maximum absolute atomic E-state index is 11.1. The van der Waals surface area contributed by atoms with Gasteiger partial charge in [0.05, 0.1) is 0 Å². The minimum absolute atomic E-state index is 0.351. The van der Waals surface area contributed by atoms with Crippen molar-refractivity contribution in [3.8, 4) is 0 Å². The van der Waals surface area contributed by atoms with Crippen LogP contribution < -0.4 is 0 Å². The van der Waals surface area contributed by atoms with Gasteiger partial charge in [-0.05, 0) is 97.7 Å². The third-order valence-electron chi connectivity index (χ3n) is 10.8. The van der Waals surface area contributed by atoms with Crippen LogP contribution in [-0.2, 0) is 4.79 Å². The van der Waals surface area contributed by atoms with Gasteiger partial charge in [-0.25, -0.2) is 0 Å². The molecule has 8 atom stereocenters. The minimum Gasteiger partial charge on any atom is -0.481 e. The highest BCUT2D eigenvalue weighted by Gasteiger charge is 2.57. The summed E-state index contributed by atoms with van der Waals surface area (Å²) >= 11 is 0. The molecule has 2 nitrogen and oxygen atoms in total. The number of hydrogen-bond acceptors (Lipinski definition) is 1. The van der Waals surface area contributed by atoms with Crippen LogP contribution in [0.15, 0.2) is 0 Å². The number of carbonyl (C=O) groups is 1. The number of carboxylic acids is 1. The number of aliphatic carboxylic acids is 1. The van der Waals surface area contributed by atoms with Crippen LogP contribution in [0.3, 0.4) is 0 Å². The van der Waals surface area contributed by atoms with Crippen LogP contribution in [0.5, 0.6) is 0 Å². The lowest BCUT2D eigenvalue weighted by Gasteiger charge is -2.55. The van der Waals surface area contributed by atoms with Gasteiger partial charge in [-0.2, -0.15) is 0 Å². The predicted octanol–water partition coefficient (Wildman–Crippen LogP) is 7.71. The zero-order valence-corrected chi connectivity index (χ0v) is 19.4. The molecule has 29 heavy (non-hydrogen) atoms. The summed E-state index contributed by atoms with van der Waals surface area (Å²) in [5.74, 6) is 4.47. The topological polar surface area (TPSA) is 37.3 Å². The maximum Gasteiger partial charge on any atom is 0.303 e. The van der Waals surface area contributed by atoms with E-state index in [4.69, 9.17) is 0 Å². The van der Waals surface area contributed by atoms with Crippen molar-refractivity contribution in [3.63, 3.8) is 0 Å². The van der Waals surface area contributed by atoms with Crippen molar-refractivity contribution in [2.24, 2.45) is 46.3 Å². The van der Waals surface area contributed by atoms with Gasteiger partial charge in [-0.1, -0.05) is 59.3 Å². The summed E-state index contributed by atoms with van der Waals surface area (Å²) in [7, 11) is 0. The summed E-state index contributed by atoms with van der Waals surface area (Å²) in [5, 5.41) is 9.18. The van der Waals surface area contributed by atoms with Crippen LogP contribution in [0.2, 0.25) is 0 Å². The van der Waals surface area contributed by atoms with E-state index >= 15 is 0 Å². The Balaban J connectivity index is 1.57. The Morgan fingerprint density at radius 1 is 0.897 bits per heavy atom. The van der Waals surface area contributed by atoms with Crippen molar-refractivity contribution in [2.45, 2.75) is 117 Å². The van der Waals surface area contributed by atoms with E-state index in [0.717, 1.165) is 36.0 Å². The van der Waals surface area contributed by atoms with Crippen molar-refractivity contribution in [3.05, 3.63) is 0 Å². The zero-order valence-electron chi connectivity index (χ0n) is 19.4. The Morgan fingerprint density at radius 3 is 2.45 bits per heavy atom. The van der Waals surface area contributed by atoms with Crippen LogP contribution in [0.4, 0.5) is 0 Å². The second-order valence-electron chi connectivity index (χ2n) is 12.3. The fourth-order valence-corrected chi connectivity index (χ4v) is 9.20. The fraction of sp³-hybridized carbons (Fsp3) is 0.963. The molecule has 2 bridgehead atoms. The van der Waals surface area contributed by atoms with Crippen molar-refractivity contribution >= 4 is 5.97 Å². The summed E-state index contributed by atoms with van der Waals surface area (Å²) in [4.78, 5) is 11.1. The molecule has 4 aliphatic rings. The molecule has 6 unspecified atom stereocenters. The van der Waals surface area contributed by atoms with E-state index in [1.54, 1.807) is 0 Å². The van der Waals surface area contributed by atoms with E-state index in [1.165, 1.54) is 83.5 Å². The number of hydrogen-bond donors (Lipinski definition) is 1. The van der Waals surface area contributed by atoms with E-state index in [-0.39, 0.29) is 0 Å². The second kappa shape index (κ2) is 8.54. The van der Waals surface area contributed by atoms with Gasteiger partial charge >= 0.3 is 5.97 Å². The van der Waals surface area contributed by atoms with Crippen LogP contribution in [0, 0.1) is 46.3 Å². The Hall–Kier alpha value is -0.530. The lowest BCUT2D eigenvalue weighted by Crippen LogP contribution is -2.47. The maximum atomic E-state index is 11.1. The standard InChI is InChI=1S/C27H46O2/c1-19(9-14-25(28)29)22-12-13-24-21-11-10-20-7-4-5-16-26(2,17-6-8-20)23(21)15-18-27(22,24)3/h19-24H,4-18H2,1-3H3,(H,28,29)/t19?,20?,21?,22?,23?,24?,26-,27+/m0/s1. The highest BCUT2D eigenvalue weighted by molar-refractivity contribution is 5.66. The first-order chi connectivity index (χ1) is 13.8. The van der Waals surface area contributed by atoms with Crippen LogP contribution >= 0.6 is 0 Å². The van der Waals surface area contributed by atoms with E-state index in [9.17, 15) is 9.90 Å². The molecule has 4 fully saturated rings. The van der Waals surface area contributed by atoms with Gasteiger partial charge in [0.2, 0.25) is 0 Å². The first-order valence-corrected chi connectivity index (χ1v) is 13.1. The molecule has 0 aromatic rings. The molecule has 0 spiro atoms. The third-order valence-corrected chi connectivity index (χ3v) is 10.8. The lowest BCUT2D eigenvalue weighted by molar-refractivity contribution is -0.137. The third kappa shape index (κ3) is 4.16. The summed E-state index contributed by atoms with van der Waals surface area (Å²) in [5.41, 5.74) is 1.05. The van der Waals surface area contributed by atoms with Gasteiger partial charge in [-0.15, -0.1) is 0 Å². The molecule has 0 aromatic heterocycles. The van der Waals surface area contributed by atoms with Crippen molar-refractivity contribution in [2.75, 3.05) is 0 Å². The largest absolute Gasteiger partial charge is 0.481 e. The van der Waals surface area contributed by atoms with Gasteiger partial charge in [-0.3, -0.25) is 4.79 Å². The van der Waals surface area contributed by atoms with Crippen molar-refractivity contribution in [1.29, 1.82) is 0 Å². The molecule has 0 radical (unpaired) electrons. The van der Waals surface area contributed by atoms with E-state index in [1.807, 2.05) is 0 Å². The molecule has 0 heterocycles. The monoisotopic (exact) mass is 402 g/mol. The number of fused-ring (bicyclic) bond motifs is 8. The van der Waals surface area contributed by atoms with E-state index < -0.39 is 5.97 Å². The Kier molecular flexibility index (Phi) is 6.39. The summed E-state index contributed by atoms with van der Waals surface area (Å²) in [6, 6.07) is 0. The summed E-state index contributed by atoms with van der Waals surface area (Å²) in [6.07, 6.45) is 20.2. The quantitative estimate of drug-likeness (QED) is 0.523. The Labute approximate surface area is 179 Å². The normalized spacial score (nSPS) is 46.4. The first-order valence-electron chi connectivity index (χ1n) is 13.1. The molecule has 4 saturated carbocycles. The van der Waals surface area contributed by atoms with Gasteiger partial charge in [0.15, 0.2) is 0 Å². The molecule has 0 saturated heterocycles. The SMILES string of the molecule is CC(CCC(=O)O)C1CCC2C3CCC4CCCC[C@@](C)(CCC4)C3CC[C@]12C. The number of rotatable bonds is 4. The van der Waals surface area contributed by atoms with Gasteiger partial charge in [0.25, 0.3) is 0 Å². The molecular weight excluding hydrogens is 356 g/mol. The van der Waals surface area contributed by atoms with Crippen molar-refractivity contribution < 1.29 is 9.90 Å². The van der Waals surface area contributed by atoms with Gasteiger partial charge in [0.1, 0.15) is 0 Å². The molecule has 1 N–H and O–H groups in total. The summed E-state index contributed by atoms with van der Waals surface area (Å²) < 4.78 is 0. The highest BCUT2D eigenvalue weighted by atomic mass is 16.4. The molecule has 0 aliphatic heterocycles. The Morgan fingerprint density at radius 2 is 1.66 bits per heavy atom. The minimum atomic E-state index is -0.618. The van der Waals surface area contributed by atoms with Crippen LogP contribution in [-0.4, -0.2) is 11.1 Å². The number of carboxylic acid groups (broad SMARTS) is 1. The van der Waals surface area contributed by atoms with Crippen LogP contribution in [0.25, 0.3) is 0 Å². The van der Waals surface area contributed by atoms with Crippen molar-refractivity contribution in [1.82, 2.24) is 0 Å². The Bertz CT molecular complexity index is 585. The molecular formula is C27H46O2. The average molecular weight is 403 g/mol. The predicted molar refractivity (Wildman–Crippen MR) is 120 cm³/mol. The molecule has 4 aliphatic carbocycles. The van der Waals surface area contributed by atoms with Crippen LogP contribution in [0.1, 0.15) is 117 Å². The molecule has 4 rings (SSSR count). The summed E-state index contributed by atoms with van der Waals surface area (Å²) in [6.45, 7) is 7.66. The first kappa shape index (κ1) is 21.7. The lowest BCUT2D eigenvalue weighted by atomic mass is 9.50. The van der Waals surface area contributed by atoms with E-state index in [0.29, 0.717) is 23.2 Å². The smallest absolute Gasteiger partial charge is 0.303 e. The molecule has 0 aromatic carbocycles. The average Bonchev–Trinajstić information content (AvgIpc) is 3.08. The van der Waals surface area contributed by atoms with E-state index in [2.05, 4.69) is 20.8 Å². The second-order valence-corrected chi connectivity index (χ2v) is 12.3. The van der Waals surface area contributed by atoms with Gasteiger partial charge < -0.3 is 5.11 Å². The fourth-order valence-electron chi connectivity index (χ4n) is 9.20. The highest BCUT2D eigenvalue weighted by Crippen LogP contribution is 2.65. The molecule has 166 valence electrons. The molecule has 2 heteroatoms. The zero-order chi connectivity index (χ0) is 20.6.